The molecule has 3 amide bonds. The lowest BCUT2D eigenvalue weighted by molar-refractivity contribution is 0.0936. The molecule has 3 N–H and O–H groups in total. The predicted molar refractivity (Wildman–Crippen MR) is 90.2 cm³/mol. The molecule has 0 spiro atoms. The highest BCUT2D eigenvalue weighted by Crippen LogP contribution is 2.15. The number of amides is 3. The SMILES string of the molecule is CC(=O)c1cccc(NC(=O)NNC(=O)c2ccccc2Br)c1. The summed E-state index contributed by atoms with van der Waals surface area (Å²) in [4.78, 5) is 35.0. The summed E-state index contributed by atoms with van der Waals surface area (Å²) in [6.45, 7) is 1.44. The third-order valence-electron chi connectivity index (χ3n) is 2.94. The Bertz CT molecular complexity index is 762. The number of ketones is 1. The first kappa shape index (κ1) is 16.7. The molecule has 0 aliphatic carbocycles. The largest absolute Gasteiger partial charge is 0.337 e. The summed E-state index contributed by atoms with van der Waals surface area (Å²) in [6.07, 6.45) is 0. The minimum atomic E-state index is -0.619. The van der Waals surface area contributed by atoms with E-state index in [0.717, 1.165) is 0 Å². The molecule has 0 aliphatic rings. The average Bonchev–Trinajstić information content (AvgIpc) is 2.53. The number of rotatable bonds is 3. The Balaban J connectivity index is 1.93. The first-order valence-corrected chi connectivity index (χ1v) is 7.49. The molecule has 0 fully saturated rings. The fourth-order valence-corrected chi connectivity index (χ4v) is 2.27. The molecule has 7 heteroatoms. The van der Waals surface area contributed by atoms with Gasteiger partial charge in [0.1, 0.15) is 0 Å². The number of benzene rings is 2. The minimum absolute atomic E-state index is 0.101. The Kier molecular flexibility index (Phi) is 5.48. The van der Waals surface area contributed by atoms with Gasteiger partial charge >= 0.3 is 6.03 Å². The first-order chi connectivity index (χ1) is 11.0. The van der Waals surface area contributed by atoms with Crippen LogP contribution in [-0.4, -0.2) is 17.7 Å². The lowest BCUT2D eigenvalue weighted by Gasteiger charge is -2.10. The number of nitrogens with one attached hydrogen (secondary N) is 3. The molecule has 0 bridgehead atoms. The molecule has 23 heavy (non-hydrogen) atoms. The second kappa shape index (κ2) is 7.55. The monoisotopic (exact) mass is 375 g/mol. The van der Waals surface area contributed by atoms with E-state index in [1.807, 2.05) is 0 Å². The third-order valence-corrected chi connectivity index (χ3v) is 3.63. The predicted octanol–water partition coefficient (Wildman–Crippen LogP) is 3.12. The van der Waals surface area contributed by atoms with Crippen LogP contribution in [-0.2, 0) is 0 Å². The van der Waals surface area contributed by atoms with Crippen LogP contribution < -0.4 is 16.2 Å². The second-order valence-electron chi connectivity index (χ2n) is 4.65. The van der Waals surface area contributed by atoms with Crippen molar-refractivity contribution in [3.8, 4) is 0 Å². The summed E-state index contributed by atoms with van der Waals surface area (Å²) in [5.74, 6) is -0.554. The van der Waals surface area contributed by atoms with Crippen molar-refractivity contribution in [1.82, 2.24) is 10.9 Å². The summed E-state index contributed by atoms with van der Waals surface area (Å²) in [5, 5.41) is 2.53. The number of hydrogen-bond acceptors (Lipinski definition) is 3. The van der Waals surface area contributed by atoms with Crippen molar-refractivity contribution in [1.29, 1.82) is 0 Å². The molecule has 0 unspecified atom stereocenters. The maximum atomic E-state index is 11.9. The number of halogens is 1. The van der Waals surface area contributed by atoms with E-state index < -0.39 is 11.9 Å². The lowest BCUT2D eigenvalue weighted by atomic mass is 10.1. The van der Waals surface area contributed by atoms with Crippen molar-refractivity contribution >= 4 is 39.3 Å². The van der Waals surface area contributed by atoms with E-state index in [9.17, 15) is 14.4 Å². The van der Waals surface area contributed by atoms with Gasteiger partial charge < -0.3 is 5.32 Å². The fourth-order valence-electron chi connectivity index (χ4n) is 1.80. The third kappa shape index (κ3) is 4.65. The molecule has 2 aromatic rings. The van der Waals surface area contributed by atoms with Gasteiger partial charge in [-0.15, -0.1) is 0 Å². The molecule has 6 nitrogen and oxygen atoms in total. The Morgan fingerprint density at radius 2 is 1.70 bits per heavy atom. The molecule has 118 valence electrons. The Morgan fingerprint density at radius 1 is 0.957 bits per heavy atom. The Labute approximate surface area is 141 Å². The quantitative estimate of drug-likeness (QED) is 0.568. The number of carbonyl (C=O) groups is 3. The van der Waals surface area contributed by atoms with Crippen LogP contribution in [0.2, 0.25) is 0 Å². The molecule has 0 aliphatic heterocycles. The minimum Gasteiger partial charge on any atom is -0.307 e. The van der Waals surface area contributed by atoms with Crippen molar-refractivity contribution in [2.24, 2.45) is 0 Å². The van der Waals surface area contributed by atoms with Gasteiger partial charge in [0.05, 0.1) is 5.56 Å². The highest BCUT2D eigenvalue weighted by molar-refractivity contribution is 9.10. The van der Waals surface area contributed by atoms with Crippen LogP contribution >= 0.6 is 15.9 Å². The van der Waals surface area contributed by atoms with E-state index in [1.54, 1.807) is 48.5 Å². The van der Waals surface area contributed by atoms with Gasteiger partial charge in [-0.1, -0.05) is 24.3 Å². The Hall–Kier alpha value is -2.67. The lowest BCUT2D eigenvalue weighted by Crippen LogP contribution is -2.44. The van der Waals surface area contributed by atoms with Crippen molar-refractivity contribution in [3.05, 3.63) is 64.1 Å². The van der Waals surface area contributed by atoms with E-state index in [0.29, 0.717) is 21.3 Å². The van der Waals surface area contributed by atoms with Gasteiger partial charge in [0.25, 0.3) is 5.91 Å². The number of hydrogen-bond donors (Lipinski definition) is 3. The molecular weight excluding hydrogens is 362 g/mol. The zero-order valence-corrected chi connectivity index (χ0v) is 13.8. The average molecular weight is 376 g/mol. The van der Waals surface area contributed by atoms with Gasteiger partial charge in [0, 0.05) is 15.7 Å². The van der Waals surface area contributed by atoms with Crippen LogP contribution in [0.1, 0.15) is 27.6 Å². The van der Waals surface area contributed by atoms with Crippen LogP contribution in [0, 0.1) is 0 Å². The molecule has 0 saturated carbocycles. The summed E-state index contributed by atoms with van der Waals surface area (Å²) in [5.41, 5.74) is 5.88. The number of urea groups is 1. The van der Waals surface area contributed by atoms with E-state index >= 15 is 0 Å². The van der Waals surface area contributed by atoms with Crippen molar-refractivity contribution in [3.63, 3.8) is 0 Å². The van der Waals surface area contributed by atoms with Crippen LogP contribution in [0.4, 0.5) is 10.5 Å². The van der Waals surface area contributed by atoms with Crippen LogP contribution in [0.3, 0.4) is 0 Å². The topological polar surface area (TPSA) is 87.3 Å². The molecule has 0 atom stereocenters. The van der Waals surface area contributed by atoms with Crippen LogP contribution in [0.15, 0.2) is 53.0 Å². The second-order valence-corrected chi connectivity index (χ2v) is 5.50. The molecule has 0 heterocycles. The normalized spacial score (nSPS) is 9.83. The van der Waals surface area contributed by atoms with Gasteiger partial charge in [-0.25, -0.2) is 10.2 Å². The van der Waals surface area contributed by atoms with Crippen molar-refractivity contribution in [2.45, 2.75) is 6.92 Å². The standard InChI is InChI=1S/C16H14BrN3O3/c1-10(21)11-5-4-6-12(9-11)18-16(23)20-19-15(22)13-7-2-3-8-14(13)17/h2-9H,1H3,(H,19,22)(H2,18,20,23). The van der Waals surface area contributed by atoms with E-state index in [1.165, 1.54) is 6.92 Å². The number of carbonyl (C=O) groups excluding carboxylic acids is 3. The molecule has 0 aromatic heterocycles. The molecule has 0 radical (unpaired) electrons. The molecular formula is C16H14BrN3O3. The summed E-state index contributed by atoms with van der Waals surface area (Å²) >= 11 is 3.26. The first-order valence-electron chi connectivity index (χ1n) is 6.70. The van der Waals surface area contributed by atoms with Gasteiger partial charge in [0.2, 0.25) is 0 Å². The van der Waals surface area contributed by atoms with E-state index in [2.05, 4.69) is 32.1 Å². The number of anilines is 1. The fraction of sp³-hybridized carbons (Fsp3) is 0.0625. The number of Topliss-reactive ketones (excluding diaryl/α,β-unsaturated/α-hetero) is 1. The highest BCUT2D eigenvalue weighted by Gasteiger charge is 2.10. The van der Waals surface area contributed by atoms with Crippen LogP contribution in [0.25, 0.3) is 0 Å². The summed E-state index contributed by atoms with van der Waals surface area (Å²) in [6, 6.07) is 12.7. The molecule has 2 aromatic carbocycles. The maximum absolute atomic E-state index is 11.9. The number of hydrazine groups is 1. The smallest absolute Gasteiger partial charge is 0.307 e. The summed E-state index contributed by atoms with van der Waals surface area (Å²) < 4.78 is 0.619. The highest BCUT2D eigenvalue weighted by atomic mass is 79.9. The Morgan fingerprint density at radius 3 is 2.39 bits per heavy atom. The van der Waals surface area contributed by atoms with Gasteiger partial charge in [-0.05, 0) is 47.1 Å². The van der Waals surface area contributed by atoms with E-state index in [-0.39, 0.29) is 5.78 Å². The van der Waals surface area contributed by atoms with Crippen molar-refractivity contribution < 1.29 is 14.4 Å². The molecule has 2 rings (SSSR count). The zero-order valence-electron chi connectivity index (χ0n) is 12.2. The summed E-state index contributed by atoms with van der Waals surface area (Å²) in [7, 11) is 0. The maximum Gasteiger partial charge on any atom is 0.337 e. The van der Waals surface area contributed by atoms with Gasteiger partial charge in [-0.3, -0.25) is 15.0 Å². The van der Waals surface area contributed by atoms with Gasteiger partial charge in [-0.2, -0.15) is 0 Å². The zero-order chi connectivity index (χ0) is 16.8. The van der Waals surface area contributed by atoms with Gasteiger partial charge in [0.15, 0.2) is 5.78 Å². The van der Waals surface area contributed by atoms with E-state index in [4.69, 9.17) is 0 Å². The molecule has 0 saturated heterocycles. The van der Waals surface area contributed by atoms with Crippen LogP contribution in [0.5, 0.6) is 0 Å². The van der Waals surface area contributed by atoms with Crippen molar-refractivity contribution in [2.75, 3.05) is 5.32 Å².